The van der Waals surface area contributed by atoms with Gasteiger partial charge in [-0.05, 0) is 38.3 Å². The SMILES string of the molecule is CC(O)CCCC(NC(=O)C1CNC(=O)NC(=O)C1)c1c(F)ccc(Cl)c1Cl. The minimum atomic E-state index is -0.813. The number of rotatable bonds is 7. The van der Waals surface area contributed by atoms with E-state index in [1.54, 1.807) is 6.92 Å². The second-order valence-electron chi connectivity index (χ2n) is 6.76. The van der Waals surface area contributed by atoms with E-state index in [9.17, 15) is 23.9 Å². The van der Waals surface area contributed by atoms with Crippen LogP contribution < -0.4 is 16.0 Å². The van der Waals surface area contributed by atoms with E-state index in [2.05, 4.69) is 16.0 Å². The molecule has 1 fully saturated rings. The first-order valence-electron chi connectivity index (χ1n) is 8.88. The normalized spacial score (nSPS) is 19.2. The number of hydrogen-bond acceptors (Lipinski definition) is 4. The van der Waals surface area contributed by atoms with Gasteiger partial charge in [-0.3, -0.25) is 14.9 Å². The van der Waals surface area contributed by atoms with Crippen LogP contribution in [-0.4, -0.2) is 35.6 Å². The largest absolute Gasteiger partial charge is 0.393 e. The summed E-state index contributed by atoms with van der Waals surface area (Å²) in [6.45, 7) is 1.60. The maximum absolute atomic E-state index is 14.5. The molecular weight excluding hydrogens is 412 g/mol. The van der Waals surface area contributed by atoms with Crippen LogP contribution in [0.3, 0.4) is 0 Å². The van der Waals surface area contributed by atoms with E-state index in [0.717, 1.165) is 6.07 Å². The monoisotopic (exact) mass is 433 g/mol. The molecule has 1 aliphatic rings. The highest BCUT2D eigenvalue weighted by molar-refractivity contribution is 6.42. The van der Waals surface area contributed by atoms with Crippen LogP contribution in [0.1, 0.15) is 44.2 Å². The number of aliphatic hydroxyl groups is 1. The summed E-state index contributed by atoms with van der Waals surface area (Å²) in [4.78, 5) is 35.7. The molecule has 3 unspecified atom stereocenters. The summed E-state index contributed by atoms with van der Waals surface area (Å²) in [6.07, 6.45) is 0.521. The Bertz CT molecular complexity index is 761. The third-order valence-corrected chi connectivity index (χ3v) is 5.24. The van der Waals surface area contributed by atoms with Crippen molar-refractivity contribution in [3.05, 3.63) is 33.6 Å². The highest BCUT2D eigenvalue weighted by atomic mass is 35.5. The maximum Gasteiger partial charge on any atom is 0.321 e. The van der Waals surface area contributed by atoms with Crippen molar-refractivity contribution in [1.82, 2.24) is 16.0 Å². The number of amides is 4. The zero-order valence-electron chi connectivity index (χ0n) is 15.2. The molecule has 1 saturated heterocycles. The number of halogens is 3. The van der Waals surface area contributed by atoms with Gasteiger partial charge in [0.25, 0.3) is 0 Å². The number of imide groups is 1. The molecule has 0 aromatic heterocycles. The van der Waals surface area contributed by atoms with Crippen molar-refractivity contribution in [1.29, 1.82) is 0 Å². The van der Waals surface area contributed by atoms with Crippen LogP contribution in [0.4, 0.5) is 9.18 Å². The summed E-state index contributed by atoms with van der Waals surface area (Å²) < 4.78 is 14.5. The summed E-state index contributed by atoms with van der Waals surface area (Å²) in [5.41, 5.74) is 0.0511. The molecule has 3 atom stereocenters. The van der Waals surface area contributed by atoms with Gasteiger partial charge in [0.15, 0.2) is 0 Å². The third-order valence-electron chi connectivity index (χ3n) is 4.42. The van der Waals surface area contributed by atoms with E-state index in [1.165, 1.54) is 6.07 Å². The van der Waals surface area contributed by atoms with Crippen LogP contribution in [0.15, 0.2) is 12.1 Å². The van der Waals surface area contributed by atoms with Crippen molar-refractivity contribution in [3.8, 4) is 0 Å². The molecule has 4 N–H and O–H groups in total. The predicted octanol–water partition coefficient (Wildman–Crippen LogP) is 2.69. The lowest BCUT2D eigenvalue weighted by molar-refractivity contribution is -0.129. The lowest BCUT2D eigenvalue weighted by Gasteiger charge is -2.24. The van der Waals surface area contributed by atoms with Crippen LogP contribution >= 0.6 is 23.2 Å². The Morgan fingerprint density at radius 1 is 1.36 bits per heavy atom. The molecule has 0 bridgehead atoms. The molecule has 1 aliphatic heterocycles. The molecule has 0 radical (unpaired) electrons. The number of hydrogen-bond donors (Lipinski definition) is 4. The molecule has 28 heavy (non-hydrogen) atoms. The Labute approximate surface area is 172 Å². The molecule has 2 rings (SSSR count). The first-order chi connectivity index (χ1) is 13.2. The highest BCUT2D eigenvalue weighted by Gasteiger charge is 2.30. The number of carbonyl (C=O) groups excluding carboxylic acids is 3. The van der Waals surface area contributed by atoms with Crippen LogP contribution in [0, 0.1) is 11.7 Å². The summed E-state index contributed by atoms with van der Waals surface area (Å²) >= 11 is 12.2. The summed E-state index contributed by atoms with van der Waals surface area (Å²) in [7, 11) is 0. The van der Waals surface area contributed by atoms with Crippen molar-refractivity contribution in [2.75, 3.05) is 6.54 Å². The average Bonchev–Trinajstić information content (AvgIpc) is 2.78. The molecule has 1 aromatic rings. The Morgan fingerprint density at radius 2 is 2.07 bits per heavy atom. The first-order valence-corrected chi connectivity index (χ1v) is 9.64. The molecule has 7 nitrogen and oxygen atoms in total. The van der Waals surface area contributed by atoms with E-state index < -0.39 is 41.7 Å². The van der Waals surface area contributed by atoms with Crippen LogP contribution in [0.25, 0.3) is 0 Å². The average molecular weight is 434 g/mol. The predicted molar refractivity (Wildman–Crippen MR) is 102 cm³/mol. The first kappa shape index (κ1) is 22.4. The van der Waals surface area contributed by atoms with Gasteiger partial charge in [-0.15, -0.1) is 0 Å². The zero-order chi connectivity index (χ0) is 20.8. The third kappa shape index (κ3) is 6.05. The van der Waals surface area contributed by atoms with E-state index in [-0.39, 0.29) is 28.6 Å². The van der Waals surface area contributed by atoms with Crippen molar-refractivity contribution in [2.24, 2.45) is 5.92 Å². The van der Waals surface area contributed by atoms with Gasteiger partial charge in [0.1, 0.15) is 5.82 Å². The molecule has 1 aromatic carbocycles. The number of aliphatic hydroxyl groups excluding tert-OH is 1. The molecule has 0 aliphatic carbocycles. The standard InChI is InChI=1S/C18H22Cl2FN3O4/c1-9(25)3-2-4-13(15-12(21)6-5-11(19)16(15)20)23-17(27)10-7-14(26)24-18(28)22-8-10/h5-6,9-10,13,25H,2-4,7-8H2,1H3,(H,23,27)(H2,22,24,26,28). The van der Waals surface area contributed by atoms with Crippen molar-refractivity contribution < 1.29 is 23.9 Å². The van der Waals surface area contributed by atoms with Crippen molar-refractivity contribution in [3.63, 3.8) is 0 Å². The second kappa shape index (κ2) is 10.0. The van der Waals surface area contributed by atoms with Crippen LogP contribution in [0.2, 0.25) is 10.0 Å². The Balaban J connectivity index is 2.22. The van der Waals surface area contributed by atoms with Crippen LogP contribution in [-0.2, 0) is 9.59 Å². The topological polar surface area (TPSA) is 108 Å². The second-order valence-corrected chi connectivity index (χ2v) is 7.54. The van der Waals surface area contributed by atoms with Gasteiger partial charge in [0.2, 0.25) is 11.8 Å². The van der Waals surface area contributed by atoms with Gasteiger partial charge in [-0.1, -0.05) is 23.2 Å². The Hall–Kier alpha value is -1.90. The smallest absolute Gasteiger partial charge is 0.321 e. The Kier molecular flexibility index (Phi) is 8.03. The molecule has 154 valence electrons. The maximum atomic E-state index is 14.5. The molecule has 1 heterocycles. The summed E-state index contributed by atoms with van der Waals surface area (Å²) in [5.74, 6) is -2.53. The number of urea groups is 1. The molecule has 10 heteroatoms. The van der Waals surface area contributed by atoms with E-state index in [0.29, 0.717) is 19.3 Å². The zero-order valence-corrected chi connectivity index (χ0v) is 16.7. The quantitative estimate of drug-likeness (QED) is 0.495. The number of benzene rings is 1. The van der Waals surface area contributed by atoms with Gasteiger partial charge in [-0.2, -0.15) is 0 Å². The van der Waals surface area contributed by atoms with Gasteiger partial charge >= 0.3 is 6.03 Å². The molecular formula is C18H22Cl2FN3O4. The number of carbonyl (C=O) groups is 3. The van der Waals surface area contributed by atoms with E-state index >= 15 is 0 Å². The van der Waals surface area contributed by atoms with Crippen molar-refractivity contribution in [2.45, 2.75) is 44.8 Å². The van der Waals surface area contributed by atoms with Gasteiger partial charge in [0.05, 0.1) is 28.1 Å². The lowest BCUT2D eigenvalue weighted by atomic mass is 9.97. The van der Waals surface area contributed by atoms with Gasteiger partial charge < -0.3 is 15.7 Å². The highest BCUT2D eigenvalue weighted by Crippen LogP contribution is 2.34. The summed E-state index contributed by atoms with van der Waals surface area (Å²) in [6, 6.07) is 1.01. The Morgan fingerprint density at radius 3 is 2.75 bits per heavy atom. The fourth-order valence-corrected chi connectivity index (χ4v) is 3.43. The fourth-order valence-electron chi connectivity index (χ4n) is 2.98. The van der Waals surface area contributed by atoms with E-state index in [4.69, 9.17) is 23.2 Å². The minimum absolute atomic E-state index is 0.00377. The van der Waals surface area contributed by atoms with Gasteiger partial charge in [-0.25, -0.2) is 9.18 Å². The molecule has 0 saturated carbocycles. The summed E-state index contributed by atoms with van der Waals surface area (Å²) in [5, 5.41) is 16.8. The van der Waals surface area contributed by atoms with Crippen LogP contribution in [0.5, 0.6) is 0 Å². The fraction of sp³-hybridized carbons (Fsp3) is 0.500. The van der Waals surface area contributed by atoms with Gasteiger partial charge in [0, 0.05) is 18.5 Å². The van der Waals surface area contributed by atoms with Crippen molar-refractivity contribution >= 4 is 41.0 Å². The lowest BCUT2D eigenvalue weighted by Crippen LogP contribution is -2.39. The van der Waals surface area contributed by atoms with E-state index in [1.807, 2.05) is 0 Å². The molecule has 0 spiro atoms. The minimum Gasteiger partial charge on any atom is -0.393 e. The molecule has 4 amide bonds. The number of nitrogens with one attached hydrogen (secondary N) is 3.